The fourth-order valence-corrected chi connectivity index (χ4v) is 1.82. The summed E-state index contributed by atoms with van der Waals surface area (Å²) in [4.78, 5) is 15.2. The molecular formula is C14H12O3. The van der Waals surface area contributed by atoms with Crippen LogP contribution in [0.1, 0.15) is 15.9 Å². The Labute approximate surface area is 99.2 Å². The average Bonchev–Trinajstić information content (AvgIpc) is 2.38. The van der Waals surface area contributed by atoms with Crippen LogP contribution in [0.4, 0.5) is 0 Å². The molecule has 0 aromatic heterocycles. The third kappa shape index (κ3) is 2.19. The van der Waals surface area contributed by atoms with Gasteiger partial charge in [-0.05, 0) is 29.7 Å². The zero-order chi connectivity index (χ0) is 12.3. The van der Waals surface area contributed by atoms with E-state index >= 15 is 0 Å². The van der Waals surface area contributed by atoms with Crippen LogP contribution in [0.15, 0.2) is 48.5 Å². The maximum absolute atomic E-state index is 11.4. The molecule has 17 heavy (non-hydrogen) atoms. The smallest absolute Gasteiger partial charge is 0.295 e. The molecular weight excluding hydrogens is 216 g/mol. The molecule has 0 aliphatic heterocycles. The summed E-state index contributed by atoms with van der Waals surface area (Å²) < 4.78 is 0. The van der Waals surface area contributed by atoms with Crippen molar-refractivity contribution >= 4 is 5.97 Å². The molecule has 0 aliphatic rings. The van der Waals surface area contributed by atoms with Crippen molar-refractivity contribution in [1.82, 2.24) is 0 Å². The van der Waals surface area contributed by atoms with Crippen LogP contribution >= 0.6 is 0 Å². The van der Waals surface area contributed by atoms with Gasteiger partial charge in [0.25, 0.3) is 0 Å². The summed E-state index contributed by atoms with van der Waals surface area (Å²) in [7, 11) is 0. The summed E-state index contributed by atoms with van der Waals surface area (Å²) in [6.07, 6.45) is 0. The van der Waals surface area contributed by atoms with Gasteiger partial charge in [-0.2, -0.15) is 5.26 Å². The molecule has 0 atom stereocenters. The number of carbonyl (C=O) groups excluding carboxylic acids is 1. The van der Waals surface area contributed by atoms with Crippen molar-refractivity contribution in [1.29, 1.82) is 0 Å². The summed E-state index contributed by atoms with van der Waals surface area (Å²) in [5.74, 6) is -0.746. The summed E-state index contributed by atoms with van der Waals surface area (Å²) in [5.41, 5.74) is 3.12. The molecule has 0 spiro atoms. The first-order valence-corrected chi connectivity index (χ1v) is 5.25. The number of rotatable bonds is 2. The van der Waals surface area contributed by atoms with Crippen LogP contribution < -0.4 is 0 Å². The van der Waals surface area contributed by atoms with Gasteiger partial charge in [-0.15, -0.1) is 0 Å². The second-order valence-electron chi connectivity index (χ2n) is 3.74. The minimum Gasteiger partial charge on any atom is -0.295 e. The molecule has 3 heteroatoms. The molecule has 2 rings (SSSR count). The van der Waals surface area contributed by atoms with Crippen molar-refractivity contribution in [3.8, 4) is 11.1 Å². The van der Waals surface area contributed by atoms with Crippen LogP contribution in [-0.4, -0.2) is 11.2 Å². The van der Waals surface area contributed by atoms with Gasteiger partial charge >= 0.3 is 5.97 Å². The second kappa shape index (κ2) is 4.80. The average molecular weight is 228 g/mol. The van der Waals surface area contributed by atoms with Gasteiger partial charge in [-0.25, -0.2) is 4.79 Å². The van der Waals surface area contributed by atoms with Crippen LogP contribution in [0.25, 0.3) is 11.1 Å². The summed E-state index contributed by atoms with van der Waals surface area (Å²) >= 11 is 0. The molecule has 0 bridgehead atoms. The monoisotopic (exact) mass is 228 g/mol. The highest BCUT2D eigenvalue weighted by Gasteiger charge is 2.14. The van der Waals surface area contributed by atoms with E-state index in [2.05, 4.69) is 4.89 Å². The molecule has 0 aliphatic carbocycles. The van der Waals surface area contributed by atoms with Crippen LogP contribution in [0, 0.1) is 6.92 Å². The fourth-order valence-electron chi connectivity index (χ4n) is 1.82. The lowest BCUT2D eigenvalue weighted by molar-refractivity contribution is -0.182. The third-order valence-electron chi connectivity index (χ3n) is 2.67. The topological polar surface area (TPSA) is 46.5 Å². The Morgan fingerprint density at radius 1 is 1.00 bits per heavy atom. The van der Waals surface area contributed by atoms with Crippen molar-refractivity contribution in [3.63, 3.8) is 0 Å². The maximum atomic E-state index is 11.4. The summed E-state index contributed by atoms with van der Waals surface area (Å²) in [6.45, 7) is 1.97. The lowest BCUT2D eigenvalue weighted by Crippen LogP contribution is -2.04. The Balaban J connectivity index is 2.60. The van der Waals surface area contributed by atoms with Crippen LogP contribution in [-0.2, 0) is 4.89 Å². The molecule has 0 saturated carbocycles. The summed E-state index contributed by atoms with van der Waals surface area (Å²) in [6, 6.07) is 14.8. The van der Waals surface area contributed by atoms with E-state index in [1.165, 1.54) is 0 Å². The van der Waals surface area contributed by atoms with E-state index < -0.39 is 5.97 Å². The molecule has 0 amide bonds. The molecule has 0 radical (unpaired) electrons. The number of hydrogen-bond acceptors (Lipinski definition) is 3. The molecule has 0 fully saturated rings. The van der Waals surface area contributed by atoms with E-state index in [1.54, 1.807) is 12.1 Å². The molecule has 86 valence electrons. The Morgan fingerprint density at radius 2 is 1.59 bits per heavy atom. The quantitative estimate of drug-likeness (QED) is 0.633. The van der Waals surface area contributed by atoms with Gasteiger partial charge in [0.15, 0.2) is 0 Å². The highest BCUT2D eigenvalue weighted by atomic mass is 17.1. The van der Waals surface area contributed by atoms with Crippen molar-refractivity contribution in [2.45, 2.75) is 6.92 Å². The second-order valence-corrected chi connectivity index (χ2v) is 3.74. The predicted molar refractivity (Wildman–Crippen MR) is 64.7 cm³/mol. The Hall–Kier alpha value is -2.13. The zero-order valence-corrected chi connectivity index (χ0v) is 9.38. The normalized spacial score (nSPS) is 10.0. The van der Waals surface area contributed by atoms with Gasteiger partial charge in [0.1, 0.15) is 0 Å². The minimum absolute atomic E-state index is 0.351. The largest absolute Gasteiger partial charge is 0.373 e. The number of hydrogen-bond donors (Lipinski definition) is 1. The predicted octanol–water partition coefficient (Wildman–Crippen LogP) is 3.29. The molecule has 3 nitrogen and oxygen atoms in total. The number of carbonyl (C=O) groups is 1. The Bertz CT molecular complexity index is 547. The molecule has 0 saturated heterocycles. The molecule has 0 unspecified atom stereocenters. The van der Waals surface area contributed by atoms with Crippen molar-refractivity contribution in [2.75, 3.05) is 0 Å². The SMILES string of the molecule is Cc1ccccc1-c1ccccc1C(=O)OO. The van der Waals surface area contributed by atoms with Gasteiger partial charge in [-0.3, -0.25) is 4.89 Å². The Kier molecular flexibility index (Phi) is 3.21. The number of benzene rings is 2. The molecule has 2 aromatic rings. The van der Waals surface area contributed by atoms with E-state index in [-0.39, 0.29) is 0 Å². The minimum atomic E-state index is -0.746. The van der Waals surface area contributed by atoms with E-state index in [0.29, 0.717) is 5.56 Å². The van der Waals surface area contributed by atoms with E-state index in [4.69, 9.17) is 5.26 Å². The standard InChI is InChI=1S/C14H12O3/c1-10-6-2-3-7-11(10)12-8-4-5-9-13(12)14(15)17-16/h2-9,16H,1H3. The van der Waals surface area contributed by atoms with E-state index in [0.717, 1.165) is 16.7 Å². The first-order valence-electron chi connectivity index (χ1n) is 5.25. The van der Waals surface area contributed by atoms with Gasteiger partial charge < -0.3 is 0 Å². The lowest BCUT2D eigenvalue weighted by atomic mass is 9.96. The van der Waals surface area contributed by atoms with Gasteiger partial charge in [0, 0.05) is 0 Å². The first kappa shape index (κ1) is 11.4. The maximum Gasteiger partial charge on any atom is 0.373 e. The molecule has 0 heterocycles. The summed E-state index contributed by atoms with van der Waals surface area (Å²) in [5, 5.41) is 8.48. The van der Waals surface area contributed by atoms with Gasteiger partial charge in [0.05, 0.1) is 5.56 Å². The number of aryl methyl sites for hydroxylation is 1. The fraction of sp³-hybridized carbons (Fsp3) is 0.0714. The van der Waals surface area contributed by atoms with Gasteiger partial charge in [-0.1, -0.05) is 42.5 Å². The van der Waals surface area contributed by atoms with Crippen LogP contribution in [0.2, 0.25) is 0 Å². The van der Waals surface area contributed by atoms with E-state index in [1.807, 2.05) is 43.3 Å². The third-order valence-corrected chi connectivity index (χ3v) is 2.67. The zero-order valence-electron chi connectivity index (χ0n) is 9.38. The van der Waals surface area contributed by atoms with Crippen molar-refractivity contribution in [2.24, 2.45) is 0 Å². The van der Waals surface area contributed by atoms with Crippen LogP contribution in [0.3, 0.4) is 0 Å². The van der Waals surface area contributed by atoms with Gasteiger partial charge in [0.2, 0.25) is 0 Å². The Morgan fingerprint density at radius 3 is 2.24 bits per heavy atom. The molecule has 2 aromatic carbocycles. The van der Waals surface area contributed by atoms with Crippen molar-refractivity contribution < 1.29 is 14.9 Å². The van der Waals surface area contributed by atoms with Crippen LogP contribution in [0.5, 0.6) is 0 Å². The lowest BCUT2D eigenvalue weighted by Gasteiger charge is -2.09. The van der Waals surface area contributed by atoms with E-state index in [9.17, 15) is 4.79 Å². The van der Waals surface area contributed by atoms with Crippen molar-refractivity contribution in [3.05, 3.63) is 59.7 Å². The molecule has 1 N–H and O–H groups in total. The highest BCUT2D eigenvalue weighted by Crippen LogP contribution is 2.26. The first-order chi connectivity index (χ1) is 8.24. The highest BCUT2D eigenvalue weighted by molar-refractivity contribution is 5.97.